The molecular weight excluding hydrogens is 412 g/mol. The monoisotopic (exact) mass is 442 g/mol. The fraction of sp³-hybridized carbons (Fsp3) is 0.375. The Hall–Kier alpha value is -2.91. The van der Waals surface area contributed by atoms with E-state index in [0.29, 0.717) is 63.4 Å². The highest BCUT2D eigenvalue weighted by Gasteiger charge is 2.10. The van der Waals surface area contributed by atoms with E-state index in [4.69, 9.17) is 24.1 Å². The van der Waals surface area contributed by atoms with Crippen LogP contribution in [0.1, 0.15) is 16.1 Å². The Kier molecular flexibility index (Phi) is 9.52. The molecule has 32 heavy (non-hydrogen) atoms. The predicted octanol–water partition coefficient (Wildman–Crippen LogP) is 3.15. The van der Waals surface area contributed by atoms with Gasteiger partial charge in [-0.15, -0.1) is 0 Å². The number of hydrogen-bond donors (Lipinski definition) is 3. The van der Waals surface area contributed by atoms with E-state index >= 15 is 0 Å². The minimum absolute atomic E-state index is 0.0191. The van der Waals surface area contributed by atoms with Crippen molar-refractivity contribution >= 4 is 22.5 Å². The smallest absolute Gasteiger partial charge is 0.272 e. The van der Waals surface area contributed by atoms with Crippen molar-refractivity contribution in [1.29, 1.82) is 0 Å². The summed E-state index contributed by atoms with van der Waals surface area (Å²) in [4.78, 5) is 15.7. The molecule has 3 N–H and O–H groups in total. The molecule has 0 aliphatic carbocycles. The number of aromatic amines is 1. The molecule has 8 nitrogen and oxygen atoms in total. The number of benzene rings is 2. The van der Waals surface area contributed by atoms with Crippen LogP contribution in [0.25, 0.3) is 10.9 Å². The highest BCUT2D eigenvalue weighted by molar-refractivity contribution is 6.06. The topological polar surface area (TPSA) is 102 Å². The van der Waals surface area contributed by atoms with Crippen LogP contribution >= 0.6 is 0 Å². The summed E-state index contributed by atoms with van der Waals surface area (Å²) >= 11 is 0. The zero-order chi connectivity index (χ0) is 22.6. The predicted molar refractivity (Wildman–Crippen MR) is 122 cm³/mol. The van der Waals surface area contributed by atoms with Gasteiger partial charge in [0.1, 0.15) is 18.1 Å². The Morgan fingerprint density at radius 1 is 0.875 bits per heavy atom. The number of carbonyl (C=O) groups is 1. The lowest BCUT2D eigenvalue weighted by molar-refractivity contribution is 0.00361. The minimum Gasteiger partial charge on any atom is -0.491 e. The number of fused-ring (bicyclic) bond motifs is 1. The lowest BCUT2D eigenvalue weighted by Gasteiger charge is -2.09. The molecule has 0 saturated heterocycles. The Bertz CT molecular complexity index is 970. The van der Waals surface area contributed by atoms with Crippen molar-refractivity contribution in [3.05, 3.63) is 59.8 Å². The van der Waals surface area contributed by atoms with E-state index in [9.17, 15) is 4.79 Å². The Labute approximate surface area is 187 Å². The standard InChI is InChI=1S/C24H30N2O6/c1-18-2-7-22-19(16-18)17-23(26-22)24(28)25-20-3-5-21(6-4-20)32-15-14-31-13-12-30-11-10-29-9-8-27/h2-7,16-17,26-27H,8-15H2,1H3,(H,25,28). The molecule has 0 aliphatic heterocycles. The summed E-state index contributed by atoms with van der Waals surface area (Å²) in [7, 11) is 0. The van der Waals surface area contributed by atoms with Crippen molar-refractivity contribution in [2.75, 3.05) is 58.2 Å². The van der Waals surface area contributed by atoms with Gasteiger partial charge in [-0.2, -0.15) is 0 Å². The van der Waals surface area contributed by atoms with Gasteiger partial charge in [-0.05, 0) is 49.4 Å². The first-order chi connectivity index (χ1) is 15.7. The molecule has 0 radical (unpaired) electrons. The molecule has 0 bridgehead atoms. The molecule has 8 heteroatoms. The molecule has 1 aromatic heterocycles. The molecule has 3 rings (SSSR count). The lowest BCUT2D eigenvalue weighted by Crippen LogP contribution is -2.13. The van der Waals surface area contributed by atoms with Crippen LogP contribution in [-0.4, -0.2) is 68.9 Å². The number of carbonyl (C=O) groups excluding carboxylic acids is 1. The summed E-state index contributed by atoms with van der Waals surface area (Å²) in [5, 5.41) is 12.5. The van der Waals surface area contributed by atoms with Crippen molar-refractivity contribution in [2.24, 2.45) is 0 Å². The lowest BCUT2D eigenvalue weighted by atomic mass is 10.2. The normalized spacial score (nSPS) is 11.1. The molecule has 0 fully saturated rings. The highest BCUT2D eigenvalue weighted by Crippen LogP contribution is 2.19. The maximum Gasteiger partial charge on any atom is 0.272 e. The highest BCUT2D eigenvalue weighted by atomic mass is 16.6. The molecule has 1 heterocycles. The number of hydrogen-bond acceptors (Lipinski definition) is 6. The summed E-state index contributed by atoms with van der Waals surface area (Å²) in [6.07, 6.45) is 0. The Morgan fingerprint density at radius 2 is 1.53 bits per heavy atom. The van der Waals surface area contributed by atoms with Gasteiger partial charge in [0.2, 0.25) is 0 Å². The number of ether oxygens (including phenoxy) is 4. The molecule has 0 aliphatic rings. The second kappa shape index (κ2) is 12.8. The van der Waals surface area contributed by atoms with E-state index in [-0.39, 0.29) is 12.5 Å². The molecule has 0 saturated carbocycles. The molecule has 1 amide bonds. The van der Waals surface area contributed by atoms with Gasteiger partial charge < -0.3 is 34.4 Å². The summed E-state index contributed by atoms with van der Waals surface area (Å²) in [5.74, 6) is 0.507. The number of aromatic nitrogens is 1. The number of aryl methyl sites for hydroxylation is 1. The molecule has 0 unspecified atom stereocenters. The summed E-state index contributed by atoms with van der Waals surface area (Å²) in [6, 6.07) is 15.1. The first-order valence-corrected chi connectivity index (χ1v) is 10.6. The van der Waals surface area contributed by atoms with Gasteiger partial charge in [-0.3, -0.25) is 4.79 Å². The molecule has 3 aromatic rings. The zero-order valence-corrected chi connectivity index (χ0v) is 18.3. The quantitative estimate of drug-likeness (QED) is 0.332. The van der Waals surface area contributed by atoms with E-state index in [1.165, 1.54) is 0 Å². The Balaban J connectivity index is 1.32. The molecule has 0 spiro atoms. The average Bonchev–Trinajstić information content (AvgIpc) is 3.22. The third-order valence-corrected chi connectivity index (χ3v) is 4.61. The SMILES string of the molecule is Cc1ccc2[nH]c(C(=O)Nc3ccc(OCCOCCOCCOCCO)cc3)cc2c1. The second-order valence-corrected chi connectivity index (χ2v) is 7.16. The number of H-pyrrole nitrogens is 1. The van der Waals surface area contributed by atoms with Crippen LogP contribution in [0.4, 0.5) is 5.69 Å². The van der Waals surface area contributed by atoms with Gasteiger partial charge in [-0.25, -0.2) is 0 Å². The van der Waals surface area contributed by atoms with Gasteiger partial charge in [0.25, 0.3) is 5.91 Å². The van der Waals surface area contributed by atoms with Crippen molar-refractivity contribution in [3.8, 4) is 5.75 Å². The number of aliphatic hydroxyl groups is 1. The van der Waals surface area contributed by atoms with Crippen molar-refractivity contribution in [1.82, 2.24) is 4.98 Å². The first-order valence-electron chi connectivity index (χ1n) is 10.6. The van der Waals surface area contributed by atoms with E-state index in [1.54, 1.807) is 24.3 Å². The van der Waals surface area contributed by atoms with Crippen molar-refractivity contribution in [3.63, 3.8) is 0 Å². The van der Waals surface area contributed by atoms with E-state index in [2.05, 4.69) is 10.3 Å². The maximum atomic E-state index is 12.5. The van der Waals surface area contributed by atoms with Crippen LogP contribution in [0.2, 0.25) is 0 Å². The van der Waals surface area contributed by atoms with Gasteiger partial charge in [0.15, 0.2) is 0 Å². The van der Waals surface area contributed by atoms with Gasteiger partial charge >= 0.3 is 0 Å². The number of aliphatic hydroxyl groups excluding tert-OH is 1. The summed E-state index contributed by atoms with van der Waals surface area (Å²) in [6.45, 7) is 5.12. The van der Waals surface area contributed by atoms with E-state index in [1.807, 2.05) is 31.2 Å². The Morgan fingerprint density at radius 3 is 2.22 bits per heavy atom. The van der Waals surface area contributed by atoms with Crippen LogP contribution in [0.5, 0.6) is 5.75 Å². The molecule has 2 aromatic carbocycles. The van der Waals surface area contributed by atoms with Gasteiger partial charge in [0.05, 0.1) is 46.2 Å². The maximum absolute atomic E-state index is 12.5. The number of nitrogens with one attached hydrogen (secondary N) is 2. The van der Waals surface area contributed by atoms with Crippen LogP contribution in [0, 0.1) is 6.92 Å². The summed E-state index contributed by atoms with van der Waals surface area (Å²) < 4.78 is 21.5. The molecule has 0 atom stereocenters. The third-order valence-electron chi connectivity index (χ3n) is 4.61. The third kappa shape index (κ3) is 7.65. The van der Waals surface area contributed by atoms with Crippen LogP contribution in [0.3, 0.4) is 0 Å². The average molecular weight is 443 g/mol. The van der Waals surface area contributed by atoms with Crippen LogP contribution in [-0.2, 0) is 14.2 Å². The fourth-order valence-electron chi connectivity index (χ4n) is 3.03. The number of rotatable bonds is 14. The van der Waals surface area contributed by atoms with E-state index in [0.717, 1.165) is 16.5 Å². The van der Waals surface area contributed by atoms with E-state index < -0.39 is 0 Å². The minimum atomic E-state index is -0.192. The van der Waals surface area contributed by atoms with Gasteiger partial charge in [-0.1, -0.05) is 11.6 Å². The summed E-state index contributed by atoms with van der Waals surface area (Å²) in [5.41, 5.74) is 3.29. The zero-order valence-electron chi connectivity index (χ0n) is 18.3. The van der Waals surface area contributed by atoms with Crippen molar-refractivity contribution < 1.29 is 28.8 Å². The fourth-order valence-corrected chi connectivity index (χ4v) is 3.03. The van der Waals surface area contributed by atoms with Crippen LogP contribution in [0.15, 0.2) is 48.5 Å². The number of amides is 1. The van der Waals surface area contributed by atoms with Gasteiger partial charge in [0, 0.05) is 16.6 Å². The first kappa shape index (κ1) is 23.7. The second-order valence-electron chi connectivity index (χ2n) is 7.16. The largest absolute Gasteiger partial charge is 0.491 e. The molecule has 172 valence electrons. The van der Waals surface area contributed by atoms with Crippen molar-refractivity contribution in [2.45, 2.75) is 6.92 Å². The number of anilines is 1. The molecular formula is C24H30N2O6. The van der Waals surface area contributed by atoms with Crippen LogP contribution < -0.4 is 10.1 Å².